The monoisotopic (exact) mass is 274 g/mol. The lowest BCUT2D eigenvalue weighted by molar-refractivity contribution is 0.273. The van der Waals surface area contributed by atoms with Crippen LogP contribution in [0.4, 0.5) is 0 Å². The predicted molar refractivity (Wildman–Crippen MR) is 77.8 cm³/mol. The first-order valence-corrected chi connectivity index (χ1v) is 7.92. The summed E-state index contributed by atoms with van der Waals surface area (Å²) in [6.07, 6.45) is 3.76. The zero-order valence-corrected chi connectivity index (χ0v) is 11.8. The molecule has 4 saturated carbocycles. The minimum atomic E-state index is 0.676. The number of halogens is 1. The van der Waals surface area contributed by atoms with E-state index in [0.717, 1.165) is 36.7 Å². The van der Waals surface area contributed by atoms with Crippen molar-refractivity contribution in [3.05, 3.63) is 41.5 Å². The molecule has 4 aliphatic rings. The highest BCUT2D eigenvalue weighted by atomic mass is 35.5. The molecule has 4 bridgehead atoms. The Hall–Kier alpha value is -0.950. The highest BCUT2D eigenvalue weighted by molar-refractivity contribution is 6.17. The second-order valence-corrected chi connectivity index (χ2v) is 6.44. The summed E-state index contributed by atoms with van der Waals surface area (Å²) < 4.78 is 6.14. The largest absolute Gasteiger partial charge is 0.493 e. The van der Waals surface area contributed by atoms with Gasteiger partial charge in [-0.1, -0.05) is 30.3 Å². The van der Waals surface area contributed by atoms with E-state index in [4.69, 9.17) is 16.3 Å². The molecule has 4 fully saturated rings. The fourth-order valence-corrected chi connectivity index (χ4v) is 4.43. The van der Waals surface area contributed by atoms with Crippen LogP contribution in [0.2, 0.25) is 0 Å². The standard InChI is InChI=1S/C17H19ClO/c18-7-4-8-19-17(11-5-2-1-3-6-11)15-12-9-13-14(10-12)16(13)15/h1-3,5-6,12-14,16H,4,7-10H2. The fourth-order valence-electron chi connectivity index (χ4n) is 4.32. The molecule has 4 aliphatic carbocycles. The summed E-state index contributed by atoms with van der Waals surface area (Å²) in [5.41, 5.74) is 2.89. The van der Waals surface area contributed by atoms with Gasteiger partial charge in [0.25, 0.3) is 0 Å². The lowest BCUT2D eigenvalue weighted by Crippen LogP contribution is -2.02. The van der Waals surface area contributed by atoms with Crippen molar-refractivity contribution in [3.8, 4) is 0 Å². The molecule has 5 rings (SSSR count). The van der Waals surface area contributed by atoms with Crippen molar-refractivity contribution in [3.63, 3.8) is 0 Å². The fraction of sp³-hybridized carbons (Fsp3) is 0.529. The SMILES string of the molecule is ClCCCOC(=C1C2CC3C(C2)C13)c1ccccc1. The quantitative estimate of drug-likeness (QED) is 0.441. The van der Waals surface area contributed by atoms with E-state index in [0.29, 0.717) is 5.88 Å². The number of hydrogen-bond acceptors (Lipinski definition) is 1. The van der Waals surface area contributed by atoms with E-state index in [1.54, 1.807) is 5.57 Å². The maximum atomic E-state index is 6.14. The number of hydrogen-bond donors (Lipinski definition) is 0. The Bertz CT molecular complexity index is 491. The van der Waals surface area contributed by atoms with Gasteiger partial charge in [0.2, 0.25) is 0 Å². The Labute approximate surface area is 119 Å². The highest BCUT2D eigenvalue weighted by Crippen LogP contribution is 2.74. The topological polar surface area (TPSA) is 9.23 Å². The molecule has 0 N–H and O–H groups in total. The van der Waals surface area contributed by atoms with Crippen LogP contribution < -0.4 is 0 Å². The average Bonchev–Trinajstić information content (AvgIpc) is 2.85. The van der Waals surface area contributed by atoms with Gasteiger partial charge < -0.3 is 4.74 Å². The van der Waals surface area contributed by atoms with Crippen LogP contribution in [-0.2, 0) is 4.74 Å². The van der Waals surface area contributed by atoms with E-state index in [-0.39, 0.29) is 0 Å². The van der Waals surface area contributed by atoms with Gasteiger partial charge in [-0.05, 0) is 48.5 Å². The van der Waals surface area contributed by atoms with Gasteiger partial charge >= 0.3 is 0 Å². The third kappa shape index (κ3) is 1.82. The van der Waals surface area contributed by atoms with Crippen LogP contribution in [0, 0.1) is 23.7 Å². The van der Waals surface area contributed by atoms with Crippen LogP contribution in [0.3, 0.4) is 0 Å². The molecule has 0 amide bonds. The number of rotatable bonds is 5. The van der Waals surface area contributed by atoms with Crippen molar-refractivity contribution < 1.29 is 4.74 Å². The summed E-state index contributed by atoms with van der Waals surface area (Å²) in [7, 11) is 0. The maximum absolute atomic E-state index is 6.14. The normalized spacial score (nSPS) is 36.5. The third-order valence-electron chi connectivity index (χ3n) is 5.07. The highest BCUT2D eigenvalue weighted by Gasteiger charge is 2.66. The molecule has 0 saturated heterocycles. The van der Waals surface area contributed by atoms with Gasteiger partial charge in [0.15, 0.2) is 0 Å². The van der Waals surface area contributed by atoms with E-state index < -0.39 is 0 Å². The van der Waals surface area contributed by atoms with E-state index in [1.165, 1.54) is 24.2 Å². The van der Waals surface area contributed by atoms with Crippen LogP contribution in [-0.4, -0.2) is 12.5 Å². The van der Waals surface area contributed by atoms with Crippen molar-refractivity contribution in [2.75, 3.05) is 12.5 Å². The average molecular weight is 275 g/mol. The molecule has 1 aromatic rings. The maximum Gasteiger partial charge on any atom is 0.126 e. The second kappa shape index (κ2) is 4.56. The first-order valence-electron chi connectivity index (χ1n) is 7.38. The van der Waals surface area contributed by atoms with Crippen LogP contribution in [0.1, 0.15) is 24.8 Å². The molecular formula is C17H19ClO. The Morgan fingerprint density at radius 2 is 1.89 bits per heavy atom. The number of benzene rings is 1. The summed E-state index contributed by atoms with van der Waals surface area (Å²) in [5.74, 6) is 5.52. The van der Waals surface area contributed by atoms with Gasteiger partial charge in [-0.15, -0.1) is 11.6 Å². The minimum Gasteiger partial charge on any atom is -0.493 e. The lowest BCUT2D eigenvalue weighted by Gasteiger charge is -2.16. The van der Waals surface area contributed by atoms with Gasteiger partial charge in [-0.25, -0.2) is 0 Å². The molecule has 1 nitrogen and oxygen atoms in total. The van der Waals surface area contributed by atoms with E-state index in [2.05, 4.69) is 30.3 Å². The van der Waals surface area contributed by atoms with Crippen LogP contribution >= 0.6 is 11.6 Å². The molecule has 100 valence electrons. The third-order valence-corrected chi connectivity index (χ3v) is 5.33. The molecule has 0 aromatic heterocycles. The molecule has 2 atom stereocenters. The van der Waals surface area contributed by atoms with E-state index in [1.807, 2.05) is 0 Å². The summed E-state index contributed by atoms with van der Waals surface area (Å²) in [6, 6.07) is 10.6. The van der Waals surface area contributed by atoms with Gasteiger partial charge in [-0.2, -0.15) is 0 Å². The molecule has 0 heterocycles. The number of alkyl halides is 1. The van der Waals surface area contributed by atoms with Crippen molar-refractivity contribution >= 4 is 17.4 Å². The summed E-state index contributed by atoms with van der Waals surface area (Å²) in [4.78, 5) is 0. The van der Waals surface area contributed by atoms with Crippen LogP contribution in [0.15, 0.2) is 35.9 Å². The molecule has 2 heteroatoms. The summed E-state index contributed by atoms with van der Waals surface area (Å²) >= 11 is 5.77. The molecule has 0 radical (unpaired) electrons. The molecule has 0 spiro atoms. The molecule has 19 heavy (non-hydrogen) atoms. The van der Waals surface area contributed by atoms with Gasteiger partial charge in [-0.3, -0.25) is 0 Å². The van der Waals surface area contributed by atoms with Gasteiger partial charge in [0.1, 0.15) is 5.76 Å². The zero-order chi connectivity index (χ0) is 12.8. The predicted octanol–water partition coefficient (Wildman–Crippen LogP) is 4.33. The Morgan fingerprint density at radius 1 is 1.16 bits per heavy atom. The first kappa shape index (κ1) is 11.8. The number of allylic oxidation sites excluding steroid dienone is 1. The minimum absolute atomic E-state index is 0.676. The number of ether oxygens (including phenoxy) is 1. The second-order valence-electron chi connectivity index (χ2n) is 6.06. The van der Waals surface area contributed by atoms with Crippen LogP contribution in [0.5, 0.6) is 0 Å². The zero-order valence-electron chi connectivity index (χ0n) is 11.0. The van der Waals surface area contributed by atoms with E-state index in [9.17, 15) is 0 Å². The van der Waals surface area contributed by atoms with Crippen molar-refractivity contribution in [1.29, 1.82) is 0 Å². The smallest absolute Gasteiger partial charge is 0.126 e. The lowest BCUT2D eigenvalue weighted by atomic mass is 10.0. The molecule has 2 unspecified atom stereocenters. The molecular weight excluding hydrogens is 256 g/mol. The van der Waals surface area contributed by atoms with E-state index >= 15 is 0 Å². The van der Waals surface area contributed by atoms with Gasteiger partial charge in [0.05, 0.1) is 6.61 Å². The summed E-state index contributed by atoms with van der Waals surface area (Å²) in [6.45, 7) is 0.742. The van der Waals surface area contributed by atoms with Crippen molar-refractivity contribution in [2.45, 2.75) is 19.3 Å². The molecule has 1 aromatic carbocycles. The van der Waals surface area contributed by atoms with Gasteiger partial charge in [0, 0.05) is 11.4 Å². The summed E-state index contributed by atoms with van der Waals surface area (Å²) in [5, 5.41) is 0. The Morgan fingerprint density at radius 3 is 2.47 bits per heavy atom. The molecule has 0 aliphatic heterocycles. The van der Waals surface area contributed by atoms with Crippen molar-refractivity contribution in [2.24, 2.45) is 23.7 Å². The van der Waals surface area contributed by atoms with Crippen molar-refractivity contribution in [1.82, 2.24) is 0 Å². The Kier molecular flexibility index (Phi) is 2.84. The van der Waals surface area contributed by atoms with Crippen LogP contribution in [0.25, 0.3) is 5.76 Å². The Balaban J connectivity index is 1.67. The first-order chi connectivity index (χ1) is 9.40.